The molecule has 0 aliphatic carbocycles. The van der Waals surface area contributed by atoms with E-state index in [9.17, 15) is 0 Å². The van der Waals surface area contributed by atoms with Crippen LogP contribution >= 0.6 is 12.2 Å². The molecule has 0 amide bonds. The molecule has 0 aromatic carbocycles. The van der Waals surface area contributed by atoms with Crippen molar-refractivity contribution in [1.29, 1.82) is 0 Å². The number of furan rings is 1. The Morgan fingerprint density at radius 2 is 2.50 bits per heavy atom. The first-order chi connectivity index (χ1) is 5.70. The molecule has 0 spiro atoms. The van der Waals surface area contributed by atoms with E-state index < -0.39 is 0 Å². The van der Waals surface area contributed by atoms with Crippen molar-refractivity contribution in [2.45, 2.75) is 6.92 Å². The summed E-state index contributed by atoms with van der Waals surface area (Å²) in [5.41, 5.74) is 8.35. The van der Waals surface area contributed by atoms with Gasteiger partial charge in [0.2, 0.25) is 0 Å². The van der Waals surface area contributed by atoms with Gasteiger partial charge in [-0.1, -0.05) is 0 Å². The summed E-state index contributed by atoms with van der Waals surface area (Å²) in [6.07, 6.45) is 1.58. The van der Waals surface area contributed by atoms with Crippen molar-refractivity contribution in [3.63, 3.8) is 0 Å². The first kappa shape index (κ1) is 8.73. The summed E-state index contributed by atoms with van der Waals surface area (Å²) < 4.78 is 5.07. The van der Waals surface area contributed by atoms with Crippen molar-refractivity contribution in [2.75, 3.05) is 0 Å². The zero-order valence-electron chi connectivity index (χ0n) is 6.57. The van der Waals surface area contributed by atoms with Crippen LogP contribution in [0.5, 0.6) is 0 Å². The number of rotatable bonds is 2. The van der Waals surface area contributed by atoms with Crippen LogP contribution in [0.15, 0.2) is 27.9 Å². The fourth-order valence-corrected chi connectivity index (χ4v) is 0.724. The van der Waals surface area contributed by atoms with E-state index in [1.54, 1.807) is 25.3 Å². The molecular formula is C7H9N3OS. The summed E-state index contributed by atoms with van der Waals surface area (Å²) in [5, 5.41) is 4.01. The van der Waals surface area contributed by atoms with E-state index >= 15 is 0 Å². The first-order valence-corrected chi connectivity index (χ1v) is 3.74. The Hall–Kier alpha value is -1.36. The number of nitrogens with two attached hydrogens (primary N) is 1. The largest absolute Gasteiger partial charge is 0.463 e. The normalized spacial score (nSPS) is 11.2. The van der Waals surface area contributed by atoms with Gasteiger partial charge in [-0.3, -0.25) is 5.43 Å². The Kier molecular flexibility index (Phi) is 2.82. The predicted octanol–water partition coefficient (Wildman–Crippen LogP) is 0.837. The predicted molar refractivity (Wildman–Crippen MR) is 50.8 cm³/mol. The van der Waals surface area contributed by atoms with Gasteiger partial charge in [0.25, 0.3) is 0 Å². The topological polar surface area (TPSA) is 63.5 Å². The molecule has 12 heavy (non-hydrogen) atoms. The minimum atomic E-state index is 0.140. The molecule has 64 valence electrons. The van der Waals surface area contributed by atoms with Crippen LogP contribution in [-0.2, 0) is 0 Å². The summed E-state index contributed by atoms with van der Waals surface area (Å²) in [4.78, 5) is 0. The maximum absolute atomic E-state index is 5.18. The quantitative estimate of drug-likeness (QED) is 0.405. The molecule has 4 nitrogen and oxygen atoms in total. The van der Waals surface area contributed by atoms with Gasteiger partial charge < -0.3 is 10.2 Å². The van der Waals surface area contributed by atoms with Gasteiger partial charge in [-0.05, 0) is 31.3 Å². The smallest absolute Gasteiger partial charge is 0.184 e. The molecule has 0 saturated heterocycles. The van der Waals surface area contributed by atoms with Crippen molar-refractivity contribution >= 4 is 23.0 Å². The van der Waals surface area contributed by atoms with Crippen molar-refractivity contribution in [1.82, 2.24) is 5.43 Å². The maximum Gasteiger partial charge on any atom is 0.184 e. The van der Waals surface area contributed by atoms with Crippen molar-refractivity contribution in [3.05, 3.63) is 24.2 Å². The number of nitrogens with one attached hydrogen (secondary N) is 1. The zero-order valence-corrected chi connectivity index (χ0v) is 7.39. The van der Waals surface area contributed by atoms with Gasteiger partial charge in [0.05, 0.1) is 6.26 Å². The van der Waals surface area contributed by atoms with Crippen LogP contribution < -0.4 is 11.2 Å². The Morgan fingerprint density at radius 3 is 3.00 bits per heavy atom. The average Bonchev–Trinajstić information content (AvgIpc) is 2.51. The molecular weight excluding hydrogens is 174 g/mol. The SMILES string of the molecule is C/C(=N\NC(N)=S)c1ccco1. The van der Waals surface area contributed by atoms with E-state index in [1.807, 2.05) is 0 Å². The fourth-order valence-electron chi connectivity index (χ4n) is 0.678. The molecule has 1 rings (SSSR count). The molecule has 0 unspecified atom stereocenters. The van der Waals surface area contributed by atoms with E-state index in [-0.39, 0.29) is 5.11 Å². The molecule has 0 saturated carbocycles. The van der Waals surface area contributed by atoms with Crippen LogP contribution in [0.3, 0.4) is 0 Å². The van der Waals surface area contributed by atoms with Crippen LogP contribution in [0.4, 0.5) is 0 Å². The third-order valence-electron chi connectivity index (χ3n) is 1.21. The molecule has 1 aromatic heterocycles. The third kappa shape index (κ3) is 2.35. The van der Waals surface area contributed by atoms with Crippen LogP contribution in [0.25, 0.3) is 0 Å². The minimum absolute atomic E-state index is 0.140. The Balaban J connectivity index is 2.65. The molecule has 0 radical (unpaired) electrons. The number of hydrogen-bond acceptors (Lipinski definition) is 3. The highest BCUT2D eigenvalue weighted by Gasteiger charge is 1.98. The molecule has 3 N–H and O–H groups in total. The summed E-state index contributed by atoms with van der Waals surface area (Å²) in [5.74, 6) is 0.693. The van der Waals surface area contributed by atoms with Gasteiger partial charge in [0, 0.05) is 0 Å². The van der Waals surface area contributed by atoms with Crippen LogP contribution in [-0.4, -0.2) is 10.8 Å². The van der Waals surface area contributed by atoms with Gasteiger partial charge in [0.1, 0.15) is 11.5 Å². The highest BCUT2D eigenvalue weighted by atomic mass is 32.1. The molecule has 0 aliphatic heterocycles. The Bertz CT molecular complexity index is 292. The summed E-state index contributed by atoms with van der Waals surface area (Å²) in [6.45, 7) is 1.80. The Morgan fingerprint density at radius 1 is 1.75 bits per heavy atom. The number of nitrogens with zero attached hydrogens (tertiary/aromatic N) is 1. The van der Waals surface area contributed by atoms with Gasteiger partial charge in [-0.2, -0.15) is 5.10 Å². The van der Waals surface area contributed by atoms with Crippen LogP contribution in [0.1, 0.15) is 12.7 Å². The van der Waals surface area contributed by atoms with E-state index in [2.05, 4.69) is 22.7 Å². The van der Waals surface area contributed by atoms with Gasteiger partial charge in [0.15, 0.2) is 5.11 Å². The lowest BCUT2D eigenvalue weighted by molar-refractivity contribution is 0.556. The standard InChI is InChI=1S/C7H9N3OS/c1-5(9-10-7(8)12)6-3-2-4-11-6/h2-4H,1H3,(H3,8,10,12)/b9-5+. The molecule has 0 atom stereocenters. The highest BCUT2D eigenvalue weighted by molar-refractivity contribution is 7.80. The summed E-state index contributed by atoms with van der Waals surface area (Å²) >= 11 is 4.57. The zero-order chi connectivity index (χ0) is 8.97. The number of thiocarbonyl (C=S) groups is 1. The second kappa shape index (κ2) is 3.87. The highest BCUT2D eigenvalue weighted by Crippen LogP contribution is 2.00. The summed E-state index contributed by atoms with van der Waals surface area (Å²) in [6, 6.07) is 3.59. The molecule has 1 heterocycles. The van der Waals surface area contributed by atoms with E-state index in [1.165, 1.54) is 0 Å². The monoisotopic (exact) mass is 183 g/mol. The molecule has 0 fully saturated rings. The van der Waals surface area contributed by atoms with Crippen LogP contribution in [0.2, 0.25) is 0 Å². The van der Waals surface area contributed by atoms with Gasteiger partial charge >= 0.3 is 0 Å². The lowest BCUT2D eigenvalue weighted by atomic mass is 10.3. The lowest BCUT2D eigenvalue weighted by Gasteiger charge is -1.96. The molecule has 5 heteroatoms. The molecule has 0 bridgehead atoms. The van der Waals surface area contributed by atoms with E-state index in [0.29, 0.717) is 11.5 Å². The molecule has 1 aromatic rings. The van der Waals surface area contributed by atoms with E-state index in [0.717, 1.165) is 0 Å². The first-order valence-electron chi connectivity index (χ1n) is 3.34. The summed E-state index contributed by atoms with van der Waals surface area (Å²) in [7, 11) is 0. The van der Waals surface area contributed by atoms with Gasteiger partial charge in [-0.25, -0.2) is 0 Å². The number of hydrazone groups is 1. The van der Waals surface area contributed by atoms with Crippen molar-refractivity contribution in [3.8, 4) is 0 Å². The minimum Gasteiger partial charge on any atom is -0.463 e. The van der Waals surface area contributed by atoms with E-state index in [4.69, 9.17) is 10.2 Å². The third-order valence-corrected chi connectivity index (χ3v) is 1.30. The van der Waals surface area contributed by atoms with Crippen molar-refractivity contribution in [2.24, 2.45) is 10.8 Å². The van der Waals surface area contributed by atoms with Crippen molar-refractivity contribution < 1.29 is 4.42 Å². The van der Waals surface area contributed by atoms with Crippen LogP contribution in [0, 0.1) is 0 Å². The fraction of sp³-hybridized carbons (Fsp3) is 0.143. The lowest BCUT2D eigenvalue weighted by Crippen LogP contribution is -2.25. The second-order valence-electron chi connectivity index (χ2n) is 2.15. The number of hydrogen-bond donors (Lipinski definition) is 2. The molecule has 0 aliphatic rings. The maximum atomic E-state index is 5.18. The van der Waals surface area contributed by atoms with Gasteiger partial charge in [-0.15, -0.1) is 0 Å². The Labute approximate surface area is 75.4 Å². The second-order valence-corrected chi connectivity index (χ2v) is 2.59. The average molecular weight is 183 g/mol.